The molecule has 4 aliphatic carbocycles. The molecule has 0 heterocycles. The molecule has 0 aliphatic heterocycles. The maximum atomic E-state index is 12.6. The number of carbonyl (C=O) groups is 1. The van der Waals surface area contributed by atoms with E-state index >= 15 is 0 Å². The van der Waals surface area contributed by atoms with Crippen molar-refractivity contribution in [3.05, 3.63) is 0 Å². The van der Waals surface area contributed by atoms with Gasteiger partial charge in [-0.1, -0.05) is 6.42 Å². The van der Waals surface area contributed by atoms with E-state index in [2.05, 4.69) is 0 Å². The second-order valence-corrected chi connectivity index (χ2v) is 10.7. The molecule has 0 radical (unpaired) electrons. The van der Waals surface area contributed by atoms with Gasteiger partial charge in [-0.2, -0.15) is 0 Å². The predicted octanol–water partition coefficient (Wildman–Crippen LogP) is 4.64. The SMILES string of the molecule is O=C1CCCCC1[S+](C1CCCCC1)C1CC2CCC1C2. The molecular weight excluding hydrogens is 276 g/mol. The summed E-state index contributed by atoms with van der Waals surface area (Å²) in [5, 5.41) is 2.38. The van der Waals surface area contributed by atoms with Crippen molar-refractivity contribution in [3.63, 3.8) is 0 Å². The first-order chi connectivity index (χ1) is 10.3. The third-order valence-electron chi connectivity index (χ3n) is 6.79. The normalized spacial score (nSPS) is 42.4. The summed E-state index contributed by atoms with van der Waals surface area (Å²) in [6.45, 7) is 0. The summed E-state index contributed by atoms with van der Waals surface area (Å²) in [5.74, 6) is 2.71. The summed E-state index contributed by atoms with van der Waals surface area (Å²) in [5.41, 5.74) is 0. The van der Waals surface area contributed by atoms with E-state index in [1.165, 1.54) is 77.0 Å². The van der Waals surface area contributed by atoms with Crippen LogP contribution < -0.4 is 0 Å². The van der Waals surface area contributed by atoms with Crippen molar-refractivity contribution in [1.29, 1.82) is 0 Å². The molecule has 0 saturated heterocycles. The summed E-state index contributed by atoms with van der Waals surface area (Å²) >= 11 is 0. The van der Waals surface area contributed by atoms with Crippen LogP contribution in [0, 0.1) is 11.8 Å². The lowest BCUT2D eigenvalue weighted by atomic mass is 9.98. The van der Waals surface area contributed by atoms with Crippen LogP contribution in [0.2, 0.25) is 0 Å². The number of hydrogen-bond donors (Lipinski definition) is 0. The molecule has 4 fully saturated rings. The Labute approximate surface area is 133 Å². The van der Waals surface area contributed by atoms with Gasteiger partial charge in [-0.3, -0.25) is 4.79 Å². The van der Waals surface area contributed by atoms with Crippen molar-refractivity contribution in [2.24, 2.45) is 11.8 Å². The third kappa shape index (κ3) is 2.82. The molecule has 5 atom stereocenters. The summed E-state index contributed by atoms with van der Waals surface area (Å²) in [6.07, 6.45) is 17.9. The van der Waals surface area contributed by atoms with Crippen LogP contribution >= 0.6 is 0 Å². The van der Waals surface area contributed by atoms with Crippen molar-refractivity contribution in [1.82, 2.24) is 0 Å². The van der Waals surface area contributed by atoms with E-state index in [1.807, 2.05) is 0 Å². The Hall–Kier alpha value is 0.0200. The molecule has 0 amide bonds. The molecule has 0 spiro atoms. The van der Waals surface area contributed by atoms with E-state index in [-0.39, 0.29) is 0 Å². The van der Waals surface area contributed by atoms with E-state index in [9.17, 15) is 4.79 Å². The minimum absolute atomic E-state index is 0.448. The van der Waals surface area contributed by atoms with Crippen LogP contribution in [0.3, 0.4) is 0 Å². The highest BCUT2D eigenvalue weighted by atomic mass is 32.2. The maximum Gasteiger partial charge on any atom is 0.184 e. The first-order valence-corrected chi connectivity index (χ1v) is 11.0. The summed E-state index contributed by atoms with van der Waals surface area (Å²) in [7, 11) is 0.448. The number of ketones is 1. The molecule has 5 unspecified atom stereocenters. The second kappa shape index (κ2) is 6.26. The topological polar surface area (TPSA) is 17.1 Å². The molecule has 4 aliphatic rings. The molecular formula is C19H31OS+. The van der Waals surface area contributed by atoms with Gasteiger partial charge in [0.1, 0.15) is 10.5 Å². The Kier molecular flexibility index (Phi) is 4.35. The number of hydrogen-bond acceptors (Lipinski definition) is 1. The Morgan fingerprint density at radius 1 is 0.810 bits per heavy atom. The molecule has 2 heteroatoms. The van der Waals surface area contributed by atoms with Crippen molar-refractivity contribution in [2.75, 3.05) is 0 Å². The quantitative estimate of drug-likeness (QED) is 0.694. The first kappa shape index (κ1) is 14.6. The Balaban J connectivity index is 1.57. The van der Waals surface area contributed by atoms with Crippen LogP contribution in [0.5, 0.6) is 0 Å². The molecule has 0 aromatic carbocycles. The maximum absolute atomic E-state index is 12.6. The van der Waals surface area contributed by atoms with E-state index in [0.29, 0.717) is 21.9 Å². The van der Waals surface area contributed by atoms with Gasteiger partial charge in [-0.25, -0.2) is 0 Å². The fraction of sp³-hybridized carbons (Fsp3) is 0.947. The largest absolute Gasteiger partial charge is 0.294 e. The Morgan fingerprint density at radius 3 is 2.29 bits per heavy atom. The van der Waals surface area contributed by atoms with Crippen LogP contribution in [0.1, 0.15) is 83.5 Å². The average Bonchev–Trinajstić information content (AvgIpc) is 3.14. The Bertz CT molecular complexity index is 387. The number of carbonyl (C=O) groups excluding carboxylic acids is 1. The van der Waals surface area contributed by atoms with Gasteiger partial charge < -0.3 is 0 Å². The smallest absolute Gasteiger partial charge is 0.184 e. The van der Waals surface area contributed by atoms with Crippen LogP contribution in [-0.2, 0) is 15.7 Å². The van der Waals surface area contributed by atoms with Crippen LogP contribution in [-0.4, -0.2) is 21.5 Å². The highest BCUT2D eigenvalue weighted by Crippen LogP contribution is 2.51. The van der Waals surface area contributed by atoms with E-state index in [4.69, 9.17) is 0 Å². The number of Topliss-reactive ketones (excluding diaryl/α,β-unsaturated/α-hetero) is 1. The van der Waals surface area contributed by atoms with Crippen molar-refractivity contribution >= 4 is 16.7 Å². The van der Waals surface area contributed by atoms with Crippen LogP contribution in [0.4, 0.5) is 0 Å². The standard InChI is InChI=1S/C19H31OS/c20-17-8-4-5-9-18(17)21(16-6-2-1-3-7-16)19-13-14-10-11-15(19)12-14/h14-16,18-19H,1-13H2/q+1. The van der Waals surface area contributed by atoms with Gasteiger partial charge in [0.15, 0.2) is 11.0 Å². The minimum atomic E-state index is 0.448. The summed E-state index contributed by atoms with van der Waals surface area (Å²) < 4.78 is 0. The van der Waals surface area contributed by atoms with Gasteiger partial charge in [0.2, 0.25) is 0 Å². The monoisotopic (exact) mass is 307 g/mol. The number of fused-ring (bicyclic) bond motifs is 2. The van der Waals surface area contributed by atoms with Crippen molar-refractivity contribution < 1.29 is 4.79 Å². The van der Waals surface area contributed by atoms with E-state index < -0.39 is 0 Å². The van der Waals surface area contributed by atoms with Crippen LogP contribution in [0.25, 0.3) is 0 Å². The third-order valence-corrected chi connectivity index (χ3v) is 10.5. The molecule has 0 aromatic heterocycles. The van der Waals surface area contributed by atoms with Gasteiger partial charge in [-0.15, -0.1) is 0 Å². The average molecular weight is 308 g/mol. The zero-order valence-electron chi connectivity index (χ0n) is 13.4. The van der Waals surface area contributed by atoms with E-state index in [0.717, 1.165) is 28.8 Å². The zero-order chi connectivity index (χ0) is 14.2. The van der Waals surface area contributed by atoms with Crippen molar-refractivity contribution in [2.45, 2.75) is 99.2 Å². The zero-order valence-corrected chi connectivity index (χ0v) is 14.2. The summed E-state index contributed by atoms with van der Waals surface area (Å²) in [4.78, 5) is 12.6. The predicted molar refractivity (Wildman–Crippen MR) is 90.7 cm³/mol. The van der Waals surface area contributed by atoms with Crippen LogP contribution in [0.15, 0.2) is 0 Å². The highest BCUT2D eigenvalue weighted by molar-refractivity contribution is 7.99. The molecule has 4 saturated carbocycles. The molecule has 21 heavy (non-hydrogen) atoms. The fourth-order valence-corrected chi connectivity index (χ4v) is 10.1. The highest BCUT2D eigenvalue weighted by Gasteiger charge is 2.55. The molecule has 0 aromatic rings. The van der Waals surface area contributed by atoms with Gasteiger partial charge in [0, 0.05) is 29.7 Å². The molecule has 118 valence electrons. The first-order valence-electron chi connectivity index (χ1n) is 9.56. The van der Waals surface area contributed by atoms with Gasteiger partial charge in [-0.05, 0) is 70.1 Å². The second-order valence-electron chi connectivity index (χ2n) is 8.08. The Morgan fingerprint density at radius 2 is 1.62 bits per heavy atom. The lowest BCUT2D eigenvalue weighted by molar-refractivity contribution is -0.119. The van der Waals surface area contributed by atoms with Crippen molar-refractivity contribution in [3.8, 4) is 0 Å². The number of rotatable bonds is 3. The summed E-state index contributed by atoms with van der Waals surface area (Å²) in [6, 6.07) is 0. The van der Waals surface area contributed by atoms with E-state index in [1.54, 1.807) is 0 Å². The lowest BCUT2D eigenvalue weighted by Crippen LogP contribution is -2.48. The van der Waals surface area contributed by atoms with Gasteiger partial charge in [0.25, 0.3) is 0 Å². The molecule has 0 N–H and O–H groups in total. The van der Waals surface area contributed by atoms with Gasteiger partial charge >= 0.3 is 0 Å². The minimum Gasteiger partial charge on any atom is -0.294 e. The van der Waals surface area contributed by atoms with Gasteiger partial charge in [0.05, 0.1) is 0 Å². The molecule has 2 bridgehead atoms. The molecule has 4 rings (SSSR count). The lowest BCUT2D eigenvalue weighted by Gasteiger charge is -2.35. The fourth-order valence-electron chi connectivity index (χ4n) is 5.79. The molecule has 1 nitrogen and oxygen atoms in total.